The van der Waals surface area contributed by atoms with Crippen LogP contribution in [0.25, 0.3) is 0 Å². The second kappa shape index (κ2) is 5.41. The smallest absolute Gasteiger partial charge is 0.155 e. The normalized spacial score (nSPS) is 52.1. The lowest BCUT2D eigenvalue weighted by molar-refractivity contribution is -0.119. The summed E-state index contributed by atoms with van der Waals surface area (Å²) in [4.78, 5) is 11.9. The Morgan fingerprint density at radius 3 is 2.67 bits per heavy atom. The molecule has 0 aromatic carbocycles. The number of carbonyl (C=O) groups is 1. The zero-order valence-electron chi connectivity index (χ0n) is 15.3. The molecule has 0 spiro atoms. The molecular weight excluding hydrogens is 300 g/mol. The Labute approximate surface area is 145 Å². The highest BCUT2D eigenvalue weighted by molar-refractivity contribution is 5.91. The van der Waals surface area contributed by atoms with Gasteiger partial charge >= 0.3 is 0 Å². The van der Waals surface area contributed by atoms with Gasteiger partial charge in [-0.3, -0.25) is 4.79 Å². The van der Waals surface area contributed by atoms with Crippen molar-refractivity contribution in [3.8, 4) is 0 Å². The fourth-order valence-corrected chi connectivity index (χ4v) is 7.42. The van der Waals surface area contributed by atoms with Crippen LogP contribution in [0, 0.1) is 34.5 Å². The first kappa shape index (κ1) is 16.8. The van der Waals surface area contributed by atoms with Crippen molar-refractivity contribution in [3.63, 3.8) is 0 Å². The Morgan fingerprint density at radius 2 is 1.96 bits per heavy atom. The molecule has 2 N–H and O–H groups in total. The summed E-state index contributed by atoms with van der Waals surface area (Å²) in [5.74, 6) is 1.96. The third-order valence-corrected chi connectivity index (χ3v) is 8.60. The van der Waals surface area contributed by atoms with Gasteiger partial charge in [-0.1, -0.05) is 19.4 Å². The second-order valence-electron chi connectivity index (χ2n) is 9.58. The molecule has 4 rings (SSSR count). The van der Waals surface area contributed by atoms with Crippen molar-refractivity contribution in [2.75, 3.05) is 0 Å². The molecule has 0 aromatic rings. The van der Waals surface area contributed by atoms with E-state index in [1.54, 1.807) is 0 Å². The Hall–Kier alpha value is -0.670. The number of hydrogen-bond donors (Lipinski definition) is 2. The van der Waals surface area contributed by atoms with Gasteiger partial charge in [-0.2, -0.15) is 0 Å². The van der Waals surface area contributed by atoms with Gasteiger partial charge in [-0.05, 0) is 86.0 Å². The zero-order chi connectivity index (χ0) is 17.3. The lowest BCUT2D eigenvalue weighted by atomic mass is 9.46. The quantitative estimate of drug-likeness (QED) is 0.773. The summed E-state index contributed by atoms with van der Waals surface area (Å²) in [7, 11) is 0. The van der Waals surface area contributed by atoms with Crippen molar-refractivity contribution in [1.82, 2.24) is 0 Å². The van der Waals surface area contributed by atoms with Gasteiger partial charge in [0.05, 0.1) is 12.2 Å². The average molecular weight is 332 g/mol. The van der Waals surface area contributed by atoms with Crippen LogP contribution in [-0.2, 0) is 4.79 Å². The lowest BCUT2D eigenvalue weighted by Crippen LogP contribution is -2.52. The van der Waals surface area contributed by atoms with Crippen LogP contribution < -0.4 is 0 Å². The van der Waals surface area contributed by atoms with Gasteiger partial charge in [0.25, 0.3) is 0 Å². The topological polar surface area (TPSA) is 57.5 Å². The van der Waals surface area contributed by atoms with Crippen LogP contribution in [0.15, 0.2) is 11.6 Å². The maximum atomic E-state index is 11.9. The molecule has 3 heteroatoms. The number of ketones is 1. The maximum Gasteiger partial charge on any atom is 0.155 e. The molecular formula is C21H32O3. The van der Waals surface area contributed by atoms with Crippen molar-refractivity contribution in [2.24, 2.45) is 34.5 Å². The minimum atomic E-state index is -0.340. The molecule has 3 nitrogen and oxygen atoms in total. The van der Waals surface area contributed by atoms with Crippen LogP contribution >= 0.6 is 0 Å². The molecule has 0 aliphatic heterocycles. The minimum absolute atomic E-state index is 0.0663. The molecule has 4 aliphatic rings. The molecule has 134 valence electrons. The van der Waals surface area contributed by atoms with E-state index in [1.165, 1.54) is 12.0 Å². The molecule has 0 saturated heterocycles. The van der Waals surface area contributed by atoms with E-state index in [4.69, 9.17) is 0 Å². The molecule has 0 heterocycles. The monoisotopic (exact) mass is 332 g/mol. The number of hydrogen-bond acceptors (Lipinski definition) is 3. The molecule has 3 saturated carbocycles. The molecule has 4 aliphatic carbocycles. The third kappa shape index (κ3) is 2.13. The van der Waals surface area contributed by atoms with E-state index >= 15 is 0 Å². The van der Waals surface area contributed by atoms with E-state index in [0.717, 1.165) is 32.1 Å². The summed E-state index contributed by atoms with van der Waals surface area (Å²) >= 11 is 0. The summed E-state index contributed by atoms with van der Waals surface area (Å²) in [5, 5.41) is 21.2. The summed E-state index contributed by atoms with van der Waals surface area (Å²) in [6.45, 7) is 6.59. The number of fused-ring (bicyclic) bond motifs is 5. The predicted molar refractivity (Wildman–Crippen MR) is 93.3 cm³/mol. The number of carbonyl (C=O) groups excluding carboxylic acids is 1. The van der Waals surface area contributed by atoms with Gasteiger partial charge in [0.15, 0.2) is 5.78 Å². The SMILES string of the molecule is C[C@H](O)[C@H]1C[C@@H](O)[C@H]2[C@@H]3CCC4=CC(=O)CC[C@]4(C)[C@H]3CC[C@@]21C. The molecule has 3 fully saturated rings. The van der Waals surface area contributed by atoms with Crippen LogP contribution in [0.4, 0.5) is 0 Å². The highest BCUT2D eigenvalue weighted by Crippen LogP contribution is 2.66. The van der Waals surface area contributed by atoms with Crippen molar-refractivity contribution in [3.05, 3.63) is 11.6 Å². The van der Waals surface area contributed by atoms with Crippen LogP contribution in [-0.4, -0.2) is 28.2 Å². The molecule has 0 bridgehead atoms. The van der Waals surface area contributed by atoms with E-state index in [0.29, 0.717) is 30.0 Å². The van der Waals surface area contributed by atoms with E-state index in [9.17, 15) is 15.0 Å². The maximum absolute atomic E-state index is 11.9. The van der Waals surface area contributed by atoms with E-state index in [-0.39, 0.29) is 29.0 Å². The largest absolute Gasteiger partial charge is 0.393 e. The van der Waals surface area contributed by atoms with Gasteiger partial charge < -0.3 is 10.2 Å². The standard InChI is InChI=1S/C21H32O3/c1-12(22)17-11-18(24)19-15-5-4-13-10-14(23)6-8-20(13,2)16(15)7-9-21(17,19)3/h10,12,15-19,22,24H,4-9,11H2,1-3H3/t12-,15+,16-,17+,18+,19+,20-,21+/m0/s1. The first-order valence-electron chi connectivity index (χ1n) is 9.87. The predicted octanol–water partition coefficient (Wildman–Crippen LogP) is 3.49. The number of allylic oxidation sites excluding steroid dienone is 1. The Balaban J connectivity index is 1.69. The summed E-state index contributed by atoms with van der Waals surface area (Å²) in [6.07, 6.45) is 8.14. The minimum Gasteiger partial charge on any atom is -0.393 e. The summed E-state index contributed by atoms with van der Waals surface area (Å²) < 4.78 is 0. The first-order valence-corrected chi connectivity index (χ1v) is 9.87. The van der Waals surface area contributed by atoms with E-state index < -0.39 is 0 Å². The van der Waals surface area contributed by atoms with E-state index in [2.05, 4.69) is 13.8 Å². The molecule has 0 radical (unpaired) electrons. The molecule has 24 heavy (non-hydrogen) atoms. The number of rotatable bonds is 1. The zero-order valence-corrected chi connectivity index (χ0v) is 15.3. The Kier molecular flexibility index (Phi) is 3.78. The van der Waals surface area contributed by atoms with Crippen LogP contribution in [0.1, 0.15) is 65.7 Å². The van der Waals surface area contributed by atoms with Crippen molar-refractivity contribution < 1.29 is 15.0 Å². The average Bonchev–Trinajstić information content (AvgIpc) is 2.80. The first-order chi connectivity index (χ1) is 11.3. The van der Waals surface area contributed by atoms with Gasteiger partial charge in [0.2, 0.25) is 0 Å². The van der Waals surface area contributed by atoms with Gasteiger partial charge in [-0.15, -0.1) is 0 Å². The molecule has 8 atom stereocenters. The second-order valence-corrected chi connectivity index (χ2v) is 9.58. The Bertz CT molecular complexity index is 580. The summed E-state index contributed by atoms with van der Waals surface area (Å²) in [5.41, 5.74) is 1.60. The van der Waals surface area contributed by atoms with Crippen molar-refractivity contribution in [2.45, 2.75) is 77.9 Å². The van der Waals surface area contributed by atoms with Crippen LogP contribution in [0.5, 0.6) is 0 Å². The van der Waals surface area contributed by atoms with Gasteiger partial charge in [0, 0.05) is 6.42 Å². The van der Waals surface area contributed by atoms with E-state index in [1.807, 2.05) is 13.0 Å². The molecule has 0 amide bonds. The van der Waals surface area contributed by atoms with Crippen molar-refractivity contribution >= 4 is 5.78 Å². The molecule has 0 aromatic heterocycles. The number of aliphatic hydroxyl groups excluding tert-OH is 2. The van der Waals surface area contributed by atoms with Gasteiger partial charge in [-0.25, -0.2) is 0 Å². The highest BCUT2D eigenvalue weighted by atomic mass is 16.3. The van der Waals surface area contributed by atoms with Crippen LogP contribution in [0.2, 0.25) is 0 Å². The number of aliphatic hydroxyl groups is 2. The third-order valence-electron chi connectivity index (χ3n) is 8.60. The van der Waals surface area contributed by atoms with Gasteiger partial charge in [0.1, 0.15) is 0 Å². The lowest BCUT2D eigenvalue weighted by Gasteiger charge is -2.58. The fourth-order valence-electron chi connectivity index (χ4n) is 7.42. The highest BCUT2D eigenvalue weighted by Gasteiger charge is 2.62. The molecule has 0 unspecified atom stereocenters. The van der Waals surface area contributed by atoms with Crippen molar-refractivity contribution in [1.29, 1.82) is 0 Å². The Morgan fingerprint density at radius 1 is 1.21 bits per heavy atom. The van der Waals surface area contributed by atoms with Crippen LogP contribution in [0.3, 0.4) is 0 Å². The fraction of sp³-hybridized carbons (Fsp3) is 0.857. The summed E-state index contributed by atoms with van der Waals surface area (Å²) in [6, 6.07) is 0.